The van der Waals surface area contributed by atoms with Crippen molar-refractivity contribution in [1.29, 1.82) is 0 Å². The third kappa shape index (κ3) is 3.68. The first-order valence-corrected chi connectivity index (χ1v) is 4.80. The van der Waals surface area contributed by atoms with Crippen molar-refractivity contribution in [2.75, 3.05) is 7.11 Å². The van der Waals surface area contributed by atoms with Crippen LogP contribution in [0, 0.1) is 0 Å². The minimum Gasteiger partial charge on any atom is -0.466 e. The van der Waals surface area contributed by atoms with Crippen LogP contribution >= 0.6 is 0 Å². The Bertz CT molecular complexity index is 353. The van der Waals surface area contributed by atoms with Crippen LogP contribution in [0.2, 0.25) is 0 Å². The van der Waals surface area contributed by atoms with Crippen molar-refractivity contribution in [3.63, 3.8) is 0 Å². The van der Waals surface area contributed by atoms with E-state index < -0.39 is 18.0 Å². The summed E-state index contributed by atoms with van der Waals surface area (Å²) in [6.45, 7) is 0. The lowest BCUT2D eigenvalue weighted by atomic mass is 10.1. The molecule has 0 saturated heterocycles. The Hall–Kier alpha value is -1.91. The summed E-state index contributed by atoms with van der Waals surface area (Å²) in [4.78, 5) is 32.8. The summed E-state index contributed by atoms with van der Waals surface area (Å²) in [5, 5.41) is 0. The van der Waals surface area contributed by atoms with Gasteiger partial charge in [0, 0.05) is 12.2 Å². The van der Waals surface area contributed by atoms with E-state index >= 15 is 0 Å². The molecule has 1 heterocycles. The van der Waals surface area contributed by atoms with E-state index in [0.29, 0.717) is 12.8 Å². The van der Waals surface area contributed by atoms with Gasteiger partial charge in [-0.25, -0.2) is 9.59 Å². The predicted molar refractivity (Wildman–Crippen MR) is 54.4 cm³/mol. The van der Waals surface area contributed by atoms with Gasteiger partial charge in [-0.2, -0.15) is 0 Å². The van der Waals surface area contributed by atoms with Gasteiger partial charge in [-0.05, 0) is 18.9 Å². The van der Waals surface area contributed by atoms with Crippen LogP contribution < -0.4 is 0 Å². The van der Waals surface area contributed by atoms with E-state index in [1.54, 1.807) is 6.08 Å². The van der Waals surface area contributed by atoms with Gasteiger partial charge in [0.25, 0.3) is 0 Å². The maximum Gasteiger partial charge on any atom is 0.331 e. The Balaban J connectivity index is 2.36. The van der Waals surface area contributed by atoms with Crippen molar-refractivity contribution < 1.29 is 23.9 Å². The van der Waals surface area contributed by atoms with Crippen molar-refractivity contribution in [3.8, 4) is 0 Å². The maximum atomic E-state index is 11.2. The number of cyclic esters (lactones) is 1. The van der Waals surface area contributed by atoms with Crippen molar-refractivity contribution in [1.82, 2.24) is 0 Å². The van der Waals surface area contributed by atoms with E-state index in [-0.39, 0.29) is 5.78 Å². The zero-order valence-electron chi connectivity index (χ0n) is 8.84. The highest BCUT2D eigenvalue weighted by Gasteiger charge is 2.22. The molecule has 0 unspecified atom stereocenters. The topological polar surface area (TPSA) is 69.7 Å². The van der Waals surface area contributed by atoms with Crippen LogP contribution in [-0.4, -0.2) is 30.9 Å². The molecule has 0 radical (unpaired) electrons. The maximum absolute atomic E-state index is 11.2. The van der Waals surface area contributed by atoms with Crippen LogP contribution in [0.25, 0.3) is 0 Å². The molecule has 0 aromatic rings. The van der Waals surface area contributed by atoms with E-state index in [0.717, 1.165) is 6.08 Å². The van der Waals surface area contributed by atoms with E-state index in [9.17, 15) is 14.4 Å². The third-order valence-corrected chi connectivity index (χ3v) is 2.01. The molecule has 0 aromatic heterocycles. The molecule has 5 nitrogen and oxygen atoms in total. The number of hydrogen-bond donors (Lipinski definition) is 0. The second-order valence-corrected chi connectivity index (χ2v) is 3.16. The lowest BCUT2D eigenvalue weighted by Gasteiger charge is -2.16. The molecule has 0 spiro atoms. The van der Waals surface area contributed by atoms with Gasteiger partial charge in [0.15, 0.2) is 11.9 Å². The molecule has 16 heavy (non-hydrogen) atoms. The summed E-state index contributed by atoms with van der Waals surface area (Å²) in [6.07, 6.45) is 5.24. The van der Waals surface area contributed by atoms with Crippen molar-refractivity contribution in [2.24, 2.45) is 0 Å². The number of methoxy groups -OCH3 is 1. The normalized spacial score (nSPS) is 19.9. The van der Waals surface area contributed by atoms with Gasteiger partial charge in [-0.1, -0.05) is 6.08 Å². The molecular weight excluding hydrogens is 212 g/mol. The quantitative estimate of drug-likeness (QED) is 0.515. The van der Waals surface area contributed by atoms with Crippen molar-refractivity contribution >= 4 is 17.7 Å². The molecule has 0 amide bonds. The molecule has 5 heteroatoms. The third-order valence-electron chi connectivity index (χ3n) is 2.01. The zero-order valence-corrected chi connectivity index (χ0v) is 8.84. The van der Waals surface area contributed by atoms with Gasteiger partial charge in [0.1, 0.15) is 0 Å². The van der Waals surface area contributed by atoms with Gasteiger partial charge in [0.2, 0.25) is 0 Å². The van der Waals surface area contributed by atoms with E-state index in [1.165, 1.54) is 19.3 Å². The number of allylic oxidation sites excluding steroid dienone is 1. The Labute approximate surface area is 92.7 Å². The highest BCUT2D eigenvalue weighted by Crippen LogP contribution is 2.10. The Morgan fingerprint density at radius 3 is 2.94 bits per heavy atom. The molecule has 0 aromatic carbocycles. The highest BCUT2D eigenvalue weighted by molar-refractivity contribution is 6.02. The smallest absolute Gasteiger partial charge is 0.331 e. The molecule has 0 aliphatic carbocycles. The summed E-state index contributed by atoms with van der Waals surface area (Å²) in [6, 6.07) is 0. The van der Waals surface area contributed by atoms with Gasteiger partial charge < -0.3 is 9.47 Å². The van der Waals surface area contributed by atoms with Crippen molar-refractivity contribution in [2.45, 2.75) is 18.9 Å². The fourth-order valence-corrected chi connectivity index (χ4v) is 1.19. The molecule has 1 rings (SSSR count). The molecule has 0 N–H and O–H groups in total. The number of ketones is 1. The minimum atomic E-state index is -0.736. The summed E-state index contributed by atoms with van der Waals surface area (Å²) in [7, 11) is 1.28. The van der Waals surface area contributed by atoms with Gasteiger partial charge in [0.05, 0.1) is 7.11 Å². The molecule has 1 atom stereocenters. The number of hydrogen-bond acceptors (Lipinski definition) is 5. The van der Waals surface area contributed by atoms with Gasteiger partial charge in [-0.3, -0.25) is 4.79 Å². The number of ether oxygens (including phenoxy) is 2. The first-order valence-electron chi connectivity index (χ1n) is 4.80. The summed E-state index contributed by atoms with van der Waals surface area (Å²) < 4.78 is 9.20. The molecule has 0 saturated carbocycles. The van der Waals surface area contributed by atoms with Crippen LogP contribution in [0.5, 0.6) is 0 Å². The van der Waals surface area contributed by atoms with Gasteiger partial charge >= 0.3 is 11.9 Å². The molecule has 1 aliphatic rings. The first kappa shape index (κ1) is 12.2. The first-order chi connectivity index (χ1) is 7.63. The lowest BCUT2D eigenvalue weighted by molar-refractivity contribution is -0.150. The second-order valence-electron chi connectivity index (χ2n) is 3.16. The Morgan fingerprint density at radius 1 is 1.50 bits per heavy atom. The average Bonchev–Trinajstić information content (AvgIpc) is 2.28. The van der Waals surface area contributed by atoms with Crippen LogP contribution in [-0.2, 0) is 23.9 Å². The SMILES string of the molecule is COC(=O)/C=C/CC[C@@H]1OC(=O)C=CC1=O. The largest absolute Gasteiger partial charge is 0.466 e. The van der Waals surface area contributed by atoms with E-state index in [2.05, 4.69) is 4.74 Å². The number of carbonyl (C=O) groups excluding carboxylic acids is 3. The Morgan fingerprint density at radius 2 is 2.25 bits per heavy atom. The van der Waals surface area contributed by atoms with Crippen molar-refractivity contribution in [3.05, 3.63) is 24.3 Å². The predicted octanol–water partition coefficient (Wildman–Crippen LogP) is 0.546. The molecule has 86 valence electrons. The fraction of sp³-hybridized carbons (Fsp3) is 0.364. The second kappa shape index (κ2) is 5.85. The minimum absolute atomic E-state index is 0.230. The Kier molecular flexibility index (Phi) is 4.44. The molecular formula is C11H12O5. The monoisotopic (exact) mass is 224 g/mol. The summed E-state index contributed by atoms with van der Waals surface area (Å²) in [5.41, 5.74) is 0. The number of rotatable bonds is 4. The molecule has 0 bridgehead atoms. The summed E-state index contributed by atoms with van der Waals surface area (Å²) in [5.74, 6) is -1.19. The zero-order chi connectivity index (χ0) is 12.0. The van der Waals surface area contributed by atoms with Crippen LogP contribution in [0.15, 0.2) is 24.3 Å². The van der Waals surface area contributed by atoms with E-state index in [4.69, 9.17) is 4.74 Å². The fourth-order valence-electron chi connectivity index (χ4n) is 1.19. The standard InChI is InChI=1S/C11H12O5/c1-15-10(13)5-3-2-4-9-8(12)6-7-11(14)16-9/h3,5-7,9H,2,4H2,1H3/b5-3+/t9-/m0/s1. The van der Waals surface area contributed by atoms with Crippen LogP contribution in [0.4, 0.5) is 0 Å². The van der Waals surface area contributed by atoms with Gasteiger partial charge in [-0.15, -0.1) is 0 Å². The molecule has 1 aliphatic heterocycles. The van der Waals surface area contributed by atoms with Crippen LogP contribution in [0.3, 0.4) is 0 Å². The number of carbonyl (C=O) groups is 3. The molecule has 0 fully saturated rings. The van der Waals surface area contributed by atoms with Crippen LogP contribution in [0.1, 0.15) is 12.8 Å². The summed E-state index contributed by atoms with van der Waals surface area (Å²) >= 11 is 0. The highest BCUT2D eigenvalue weighted by atomic mass is 16.5. The number of esters is 2. The average molecular weight is 224 g/mol. The van der Waals surface area contributed by atoms with E-state index in [1.807, 2.05) is 0 Å². The lowest BCUT2D eigenvalue weighted by Crippen LogP contribution is -2.28.